The lowest BCUT2D eigenvalue weighted by molar-refractivity contribution is 0.413. The van der Waals surface area contributed by atoms with Crippen molar-refractivity contribution in [3.63, 3.8) is 0 Å². The summed E-state index contributed by atoms with van der Waals surface area (Å²) in [5.41, 5.74) is 11.2. The summed E-state index contributed by atoms with van der Waals surface area (Å²) < 4.78 is 0. The lowest BCUT2D eigenvalue weighted by Crippen LogP contribution is -2.33. The first-order valence-electron chi connectivity index (χ1n) is 12.2. The van der Waals surface area contributed by atoms with E-state index in [0.717, 1.165) is 37.6 Å². The molecule has 5 rings (SSSR count). The summed E-state index contributed by atoms with van der Waals surface area (Å²) >= 11 is 6.23. The van der Waals surface area contributed by atoms with Crippen molar-refractivity contribution in [3.8, 4) is 0 Å². The predicted octanol–water partition coefficient (Wildman–Crippen LogP) is 6.04. The number of halogens is 1. The number of nitrogens with two attached hydrogens (primary N) is 1. The van der Waals surface area contributed by atoms with Crippen LogP contribution in [0.2, 0.25) is 5.02 Å². The van der Waals surface area contributed by atoms with E-state index in [1.54, 1.807) is 0 Å². The van der Waals surface area contributed by atoms with Crippen LogP contribution in [0.1, 0.15) is 16.7 Å². The average molecular weight is 470 g/mol. The quantitative estimate of drug-likeness (QED) is 0.330. The molecule has 4 aromatic carbocycles. The monoisotopic (exact) mass is 469 g/mol. The van der Waals surface area contributed by atoms with Gasteiger partial charge in [-0.05, 0) is 83.1 Å². The number of anilines is 1. The van der Waals surface area contributed by atoms with Gasteiger partial charge in [-0.15, -0.1) is 0 Å². The van der Waals surface area contributed by atoms with Gasteiger partial charge in [-0.1, -0.05) is 78.3 Å². The Labute approximate surface area is 207 Å². The smallest absolute Gasteiger partial charge is 0.0435 e. The van der Waals surface area contributed by atoms with Crippen molar-refractivity contribution in [2.45, 2.75) is 19.5 Å². The maximum absolute atomic E-state index is 6.23. The van der Waals surface area contributed by atoms with Gasteiger partial charge in [-0.3, -0.25) is 0 Å². The largest absolute Gasteiger partial charge is 0.367 e. The molecule has 2 atom stereocenters. The second kappa shape index (κ2) is 10.6. The van der Waals surface area contributed by atoms with Crippen molar-refractivity contribution in [2.75, 3.05) is 24.5 Å². The number of nitrogens with zero attached hydrogens (tertiary/aromatic N) is 1. The summed E-state index contributed by atoms with van der Waals surface area (Å²) in [6, 6.07) is 32.2. The Kier molecular flexibility index (Phi) is 7.15. The lowest BCUT2D eigenvalue weighted by atomic mass is 9.89. The molecule has 4 aromatic rings. The van der Waals surface area contributed by atoms with E-state index in [1.165, 1.54) is 33.2 Å². The highest BCUT2D eigenvalue weighted by Gasteiger charge is 2.29. The van der Waals surface area contributed by atoms with E-state index in [-0.39, 0.29) is 0 Å². The third kappa shape index (κ3) is 5.12. The van der Waals surface area contributed by atoms with E-state index in [4.69, 9.17) is 17.3 Å². The molecule has 174 valence electrons. The minimum atomic E-state index is 0.552. The van der Waals surface area contributed by atoms with E-state index in [1.807, 2.05) is 12.1 Å². The zero-order valence-corrected chi connectivity index (χ0v) is 20.2. The Morgan fingerprint density at radius 3 is 2.15 bits per heavy atom. The fourth-order valence-corrected chi connectivity index (χ4v) is 5.42. The van der Waals surface area contributed by atoms with Crippen LogP contribution in [0, 0.1) is 11.8 Å². The second-order valence-electron chi connectivity index (χ2n) is 9.36. The number of benzene rings is 4. The zero-order chi connectivity index (χ0) is 23.3. The summed E-state index contributed by atoms with van der Waals surface area (Å²) in [5.74, 6) is 1.19. The Hall–Kier alpha value is -2.85. The summed E-state index contributed by atoms with van der Waals surface area (Å²) in [7, 11) is 0. The molecule has 0 spiro atoms. The van der Waals surface area contributed by atoms with Gasteiger partial charge in [0, 0.05) is 30.3 Å². The van der Waals surface area contributed by atoms with Crippen molar-refractivity contribution in [2.24, 2.45) is 17.6 Å². The molecule has 0 radical (unpaired) electrons. The number of hydrogen-bond donors (Lipinski definition) is 2. The minimum absolute atomic E-state index is 0.552. The van der Waals surface area contributed by atoms with Gasteiger partial charge in [0.2, 0.25) is 0 Å². The fourth-order valence-electron chi connectivity index (χ4n) is 5.30. The molecular formula is C30H32ClN3. The van der Waals surface area contributed by atoms with Gasteiger partial charge < -0.3 is 16.0 Å². The first-order valence-corrected chi connectivity index (χ1v) is 12.5. The highest BCUT2D eigenvalue weighted by molar-refractivity contribution is 6.30. The molecule has 1 aliphatic rings. The minimum Gasteiger partial charge on any atom is -0.367 e. The molecule has 1 heterocycles. The van der Waals surface area contributed by atoms with Crippen molar-refractivity contribution in [3.05, 3.63) is 113 Å². The van der Waals surface area contributed by atoms with Crippen LogP contribution in [0.25, 0.3) is 10.8 Å². The molecule has 3 N–H and O–H groups in total. The van der Waals surface area contributed by atoms with Gasteiger partial charge in [0.05, 0.1) is 0 Å². The van der Waals surface area contributed by atoms with Gasteiger partial charge in [0.1, 0.15) is 0 Å². The maximum Gasteiger partial charge on any atom is 0.0435 e. The first-order chi connectivity index (χ1) is 16.7. The summed E-state index contributed by atoms with van der Waals surface area (Å²) in [5, 5.41) is 6.96. The molecule has 1 aliphatic heterocycles. The van der Waals surface area contributed by atoms with E-state index >= 15 is 0 Å². The molecule has 3 nitrogen and oxygen atoms in total. The molecule has 0 amide bonds. The van der Waals surface area contributed by atoms with Crippen LogP contribution >= 0.6 is 11.6 Å². The van der Waals surface area contributed by atoms with Crippen LogP contribution in [0.5, 0.6) is 0 Å². The Balaban J connectivity index is 1.44. The van der Waals surface area contributed by atoms with Gasteiger partial charge >= 0.3 is 0 Å². The molecule has 0 bridgehead atoms. The third-order valence-corrected chi connectivity index (χ3v) is 7.40. The number of rotatable bonds is 8. The maximum atomic E-state index is 6.23. The van der Waals surface area contributed by atoms with E-state index in [2.05, 4.69) is 89.1 Å². The molecule has 0 aromatic heterocycles. The van der Waals surface area contributed by atoms with Gasteiger partial charge in [0.25, 0.3) is 0 Å². The standard InChI is InChI=1S/C30H32ClN3/c31-27-12-14-28(15-13-27)34(20-24-11-10-23(17-32)29-8-4-5-9-30(24)29)21-26-19-33-18-25(26)16-22-6-2-1-3-7-22/h1-15,25-26,33H,16-21,32H2. The molecule has 1 fully saturated rings. The van der Waals surface area contributed by atoms with Crippen LogP contribution in [-0.4, -0.2) is 19.6 Å². The van der Waals surface area contributed by atoms with Crippen LogP contribution < -0.4 is 16.0 Å². The molecule has 34 heavy (non-hydrogen) atoms. The zero-order valence-electron chi connectivity index (χ0n) is 19.5. The third-order valence-electron chi connectivity index (χ3n) is 7.15. The summed E-state index contributed by atoms with van der Waals surface area (Å²) in [4.78, 5) is 2.52. The molecule has 4 heteroatoms. The second-order valence-corrected chi connectivity index (χ2v) is 9.80. The van der Waals surface area contributed by atoms with E-state index < -0.39 is 0 Å². The Morgan fingerprint density at radius 1 is 0.765 bits per heavy atom. The molecule has 0 aliphatic carbocycles. The number of nitrogens with one attached hydrogen (secondary N) is 1. The highest BCUT2D eigenvalue weighted by atomic mass is 35.5. The predicted molar refractivity (Wildman–Crippen MR) is 144 cm³/mol. The van der Waals surface area contributed by atoms with Crippen LogP contribution in [0.15, 0.2) is 91.0 Å². The lowest BCUT2D eigenvalue weighted by Gasteiger charge is -2.31. The van der Waals surface area contributed by atoms with Crippen LogP contribution in [0.3, 0.4) is 0 Å². The molecule has 1 saturated heterocycles. The summed E-state index contributed by atoms with van der Waals surface area (Å²) in [6.45, 7) is 4.52. The fraction of sp³-hybridized carbons (Fsp3) is 0.267. The normalized spacial score (nSPS) is 17.8. The average Bonchev–Trinajstić information content (AvgIpc) is 3.31. The van der Waals surface area contributed by atoms with Crippen molar-refractivity contribution >= 4 is 28.1 Å². The summed E-state index contributed by atoms with van der Waals surface area (Å²) in [6.07, 6.45) is 1.11. The van der Waals surface area contributed by atoms with Gasteiger partial charge in [-0.25, -0.2) is 0 Å². The van der Waals surface area contributed by atoms with Crippen molar-refractivity contribution in [1.29, 1.82) is 0 Å². The van der Waals surface area contributed by atoms with Crippen LogP contribution in [-0.2, 0) is 19.5 Å². The van der Waals surface area contributed by atoms with E-state index in [0.29, 0.717) is 18.4 Å². The first kappa shape index (κ1) is 22.9. The van der Waals surface area contributed by atoms with E-state index in [9.17, 15) is 0 Å². The van der Waals surface area contributed by atoms with Gasteiger partial charge in [0.15, 0.2) is 0 Å². The molecular weight excluding hydrogens is 438 g/mol. The van der Waals surface area contributed by atoms with Gasteiger partial charge in [-0.2, -0.15) is 0 Å². The molecule has 2 unspecified atom stereocenters. The molecule has 0 saturated carbocycles. The number of fused-ring (bicyclic) bond motifs is 1. The highest BCUT2D eigenvalue weighted by Crippen LogP contribution is 2.30. The van der Waals surface area contributed by atoms with Crippen molar-refractivity contribution in [1.82, 2.24) is 5.32 Å². The van der Waals surface area contributed by atoms with Crippen LogP contribution in [0.4, 0.5) is 5.69 Å². The Bertz CT molecular complexity index is 1220. The Morgan fingerprint density at radius 2 is 1.41 bits per heavy atom. The number of hydrogen-bond acceptors (Lipinski definition) is 3. The topological polar surface area (TPSA) is 41.3 Å². The SMILES string of the molecule is NCc1ccc(CN(CC2CNCC2Cc2ccccc2)c2ccc(Cl)cc2)c2ccccc12. The van der Waals surface area contributed by atoms with Crippen molar-refractivity contribution < 1.29 is 0 Å².